The Bertz CT molecular complexity index is 531. The standard InChI is InChI=1S/C17H28N4S/c1-13(2)9-15-19-10-14(22-15)11-20-16(18-3)21-8-7-17(12-21)5-4-6-17/h10,13H,4-9,11-12H2,1-3H3,(H,18,20). The molecule has 2 fully saturated rings. The topological polar surface area (TPSA) is 40.5 Å². The first-order chi connectivity index (χ1) is 10.6. The first-order valence-corrected chi connectivity index (χ1v) is 9.31. The number of nitrogens with one attached hydrogen (secondary N) is 1. The van der Waals surface area contributed by atoms with Crippen molar-refractivity contribution in [1.82, 2.24) is 15.2 Å². The van der Waals surface area contributed by atoms with E-state index >= 15 is 0 Å². The van der Waals surface area contributed by atoms with Crippen LogP contribution in [0.15, 0.2) is 11.2 Å². The van der Waals surface area contributed by atoms with Crippen LogP contribution >= 0.6 is 11.3 Å². The molecular weight excluding hydrogens is 292 g/mol. The van der Waals surface area contributed by atoms with Gasteiger partial charge in [0, 0.05) is 37.6 Å². The van der Waals surface area contributed by atoms with E-state index in [-0.39, 0.29) is 0 Å². The Morgan fingerprint density at radius 3 is 2.86 bits per heavy atom. The van der Waals surface area contributed by atoms with E-state index in [1.165, 1.54) is 42.1 Å². The van der Waals surface area contributed by atoms with Gasteiger partial charge in [0.1, 0.15) is 0 Å². The van der Waals surface area contributed by atoms with Crippen molar-refractivity contribution in [3.8, 4) is 0 Å². The maximum absolute atomic E-state index is 4.53. The van der Waals surface area contributed by atoms with Crippen LogP contribution in [0, 0.1) is 11.3 Å². The highest BCUT2D eigenvalue weighted by atomic mass is 32.1. The van der Waals surface area contributed by atoms with Gasteiger partial charge in [0.2, 0.25) is 0 Å². The zero-order valence-corrected chi connectivity index (χ0v) is 14.9. The van der Waals surface area contributed by atoms with Crippen molar-refractivity contribution in [3.05, 3.63) is 16.1 Å². The lowest BCUT2D eigenvalue weighted by Gasteiger charge is -2.38. The minimum Gasteiger partial charge on any atom is -0.351 e. The van der Waals surface area contributed by atoms with Gasteiger partial charge in [0.25, 0.3) is 0 Å². The van der Waals surface area contributed by atoms with E-state index in [4.69, 9.17) is 0 Å². The summed E-state index contributed by atoms with van der Waals surface area (Å²) in [6.45, 7) is 7.66. The Kier molecular flexibility index (Phi) is 4.71. The molecule has 2 heterocycles. The van der Waals surface area contributed by atoms with Crippen molar-refractivity contribution in [2.24, 2.45) is 16.3 Å². The van der Waals surface area contributed by atoms with E-state index in [0.717, 1.165) is 25.5 Å². The van der Waals surface area contributed by atoms with E-state index in [0.29, 0.717) is 11.3 Å². The second-order valence-electron chi connectivity index (χ2n) is 7.24. The monoisotopic (exact) mass is 320 g/mol. The van der Waals surface area contributed by atoms with Crippen LogP contribution in [0.2, 0.25) is 0 Å². The quantitative estimate of drug-likeness (QED) is 0.683. The van der Waals surface area contributed by atoms with Crippen LogP contribution in [-0.4, -0.2) is 36.0 Å². The number of likely N-dealkylation sites (tertiary alicyclic amines) is 1. The van der Waals surface area contributed by atoms with E-state index in [1.54, 1.807) is 0 Å². The fourth-order valence-electron chi connectivity index (χ4n) is 3.57. The zero-order chi connectivity index (χ0) is 15.6. The van der Waals surface area contributed by atoms with Gasteiger partial charge in [0.05, 0.1) is 11.6 Å². The Hall–Kier alpha value is -1.10. The average Bonchev–Trinajstić information content (AvgIpc) is 3.06. The Balaban J connectivity index is 1.52. The number of rotatable bonds is 4. The highest BCUT2D eigenvalue weighted by Gasteiger charge is 2.43. The molecule has 1 saturated heterocycles. The minimum absolute atomic E-state index is 0.618. The van der Waals surface area contributed by atoms with Crippen molar-refractivity contribution in [3.63, 3.8) is 0 Å². The van der Waals surface area contributed by atoms with Gasteiger partial charge < -0.3 is 10.2 Å². The first-order valence-electron chi connectivity index (χ1n) is 8.49. The molecule has 1 aliphatic carbocycles. The van der Waals surface area contributed by atoms with E-state index in [2.05, 4.69) is 34.0 Å². The van der Waals surface area contributed by atoms with Gasteiger partial charge in [0.15, 0.2) is 5.96 Å². The second-order valence-corrected chi connectivity index (χ2v) is 8.44. The smallest absolute Gasteiger partial charge is 0.193 e. The van der Waals surface area contributed by atoms with Crippen molar-refractivity contribution >= 4 is 17.3 Å². The molecule has 22 heavy (non-hydrogen) atoms. The molecule has 5 heteroatoms. The number of aliphatic imine (C=N–C) groups is 1. The van der Waals surface area contributed by atoms with E-state index < -0.39 is 0 Å². The third-order valence-electron chi connectivity index (χ3n) is 4.97. The van der Waals surface area contributed by atoms with Crippen molar-refractivity contribution in [2.45, 2.75) is 52.5 Å². The van der Waals surface area contributed by atoms with E-state index in [9.17, 15) is 0 Å². The molecule has 2 aliphatic rings. The van der Waals surface area contributed by atoms with Gasteiger partial charge in [-0.05, 0) is 30.6 Å². The summed E-state index contributed by atoms with van der Waals surface area (Å²) in [5, 5.41) is 4.77. The minimum atomic E-state index is 0.618. The molecule has 1 aromatic heterocycles. The highest BCUT2D eigenvalue weighted by Crippen LogP contribution is 2.47. The summed E-state index contributed by atoms with van der Waals surface area (Å²) in [7, 11) is 1.89. The van der Waals surface area contributed by atoms with Gasteiger partial charge in [-0.2, -0.15) is 0 Å². The summed E-state index contributed by atoms with van der Waals surface area (Å²) < 4.78 is 0. The van der Waals surface area contributed by atoms with Crippen molar-refractivity contribution < 1.29 is 0 Å². The summed E-state index contributed by atoms with van der Waals surface area (Å²) in [6.07, 6.45) is 8.67. The van der Waals surface area contributed by atoms with Gasteiger partial charge >= 0.3 is 0 Å². The Morgan fingerprint density at radius 1 is 1.45 bits per heavy atom. The molecule has 1 N–H and O–H groups in total. The fourth-order valence-corrected chi connectivity index (χ4v) is 4.65. The fraction of sp³-hybridized carbons (Fsp3) is 0.765. The Morgan fingerprint density at radius 2 is 2.27 bits per heavy atom. The largest absolute Gasteiger partial charge is 0.351 e. The summed E-state index contributed by atoms with van der Waals surface area (Å²) in [5.41, 5.74) is 0.618. The van der Waals surface area contributed by atoms with Gasteiger partial charge in [-0.15, -0.1) is 11.3 Å². The number of nitrogens with zero attached hydrogens (tertiary/aromatic N) is 3. The second kappa shape index (κ2) is 6.57. The number of aromatic nitrogens is 1. The molecule has 1 aliphatic heterocycles. The molecular formula is C17H28N4S. The lowest BCUT2D eigenvalue weighted by molar-refractivity contribution is 0.151. The molecule has 3 rings (SSSR count). The van der Waals surface area contributed by atoms with Gasteiger partial charge in [-0.3, -0.25) is 4.99 Å². The van der Waals surface area contributed by atoms with Crippen LogP contribution in [0.3, 0.4) is 0 Å². The lowest BCUT2D eigenvalue weighted by Crippen LogP contribution is -2.42. The van der Waals surface area contributed by atoms with Crippen LogP contribution < -0.4 is 5.32 Å². The summed E-state index contributed by atoms with van der Waals surface area (Å²) >= 11 is 1.82. The molecule has 1 aromatic rings. The van der Waals surface area contributed by atoms with Crippen LogP contribution in [0.5, 0.6) is 0 Å². The Labute approximate surface area is 138 Å². The number of hydrogen-bond donors (Lipinski definition) is 1. The van der Waals surface area contributed by atoms with Gasteiger partial charge in [-0.1, -0.05) is 20.3 Å². The third kappa shape index (κ3) is 3.45. The first kappa shape index (κ1) is 15.8. The highest BCUT2D eigenvalue weighted by molar-refractivity contribution is 7.11. The van der Waals surface area contributed by atoms with Crippen molar-refractivity contribution in [2.75, 3.05) is 20.1 Å². The molecule has 1 saturated carbocycles. The molecule has 0 amide bonds. The summed E-state index contributed by atoms with van der Waals surface area (Å²) in [5.74, 6) is 1.73. The maximum Gasteiger partial charge on any atom is 0.193 e. The molecule has 0 bridgehead atoms. The normalized spacial score (nSPS) is 20.7. The lowest BCUT2D eigenvalue weighted by atomic mass is 9.68. The molecule has 122 valence electrons. The van der Waals surface area contributed by atoms with Gasteiger partial charge in [-0.25, -0.2) is 4.98 Å². The number of guanidine groups is 1. The molecule has 4 nitrogen and oxygen atoms in total. The average molecular weight is 321 g/mol. The maximum atomic E-state index is 4.53. The summed E-state index contributed by atoms with van der Waals surface area (Å²) in [4.78, 5) is 12.7. The van der Waals surface area contributed by atoms with Crippen LogP contribution in [-0.2, 0) is 13.0 Å². The predicted octanol–water partition coefficient (Wildman–Crippen LogP) is 3.29. The van der Waals surface area contributed by atoms with E-state index in [1.807, 2.05) is 24.6 Å². The third-order valence-corrected chi connectivity index (χ3v) is 5.99. The molecule has 0 unspecified atom stereocenters. The molecule has 1 spiro atoms. The molecule has 0 aromatic carbocycles. The molecule has 0 atom stereocenters. The number of thiazole rings is 1. The van der Waals surface area contributed by atoms with Crippen LogP contribution in [0.4, 0.5) is 0 Å². The van der Waals surface area contributed by atoms with Crippen LogP contribution in [0.25, 0.3) is 0 Å². The number of hydrogen-bond acceptors (Lipinski definition) is 3. The summed E-state index contributed by atoms with van der Waals surface area (Å²) in [6, 6.07) is 0. The zero-order valence-electron chi connectivity index (χ0n) is 14.1. The SMILES string of the molecule is CN=C(NCc1cnc(CC(C)C)s1)N1CCC2(CCC2)C1. The predicted molar refractivity (Wildman–Crippen MR) is 93.3 cm³/mol. The molecule has 0 radical (unpaired) electrons. The van der Waals surface area contributed by atoms with Crippen molar-refractivity contribution in [1.29, 1.82) is 0 Å². The van der Waals surface area contributed by atoms with Crippen LogP contribution in [0.1, 0.15) is 49.4 Å².